The van der Waals surface area contributed by atoms with Gasteiger partial charge < -0.3 is 5.32 Å². The third-order valence-corrected chi connectivity index (χ3v) is 3.20. The van der Waals surface area contributed by atoms with E-state index in [-0.39, 0.29) is 17.5 Å². The first-order valence-corrected chi connectivity index (χ1v) is 6.18. The van der Waals surface area contributed by atoms with E-state index < -0.39 is 35.1 Å². The van der Waals surface area contributed by atoms with Crippen molar-refractivity contribution in [3.05, 3.63) is 70.5 Å². The van der Waals surface area contributed by atoms with Crippen molar-refractivity contribution in [3.63, 3.8) is 0 Å². The van der Waals surface area contributed by atoms with Crippen LogP contribution in [0.4, 0.5) is 22.0 Å². The van der Waals surface area contributed by atoms with Crippen LogP contribution in [0.25, 0.3) is 0 Å². The van der Waals surface area contributed by atoms with Crippen LogP contribution < -0.4 is 5.32 Å². The SMILES string of the molecule is CNC(Cc1ccc(F)cc1F)c1cc(F)c(F)c(F)c1. The first kappa shape index (κ1) is 15.4. The molecule has 0 saturated heterocycles. The Kier molecular flexibility index (Phi) is 4.57. The third-order valence-electron chi connectivity index (χ3n) is 3.20. The van der Waals surface area contributed by atoms with Gasteiger partial charge in [0.1, 0.15) is 11.6 Å². The molecular weight excluding hydrogens is 289 g/mol. The lowest BCUT2D eigenvalue weighted by atomic mass is 9.98. The summed E-state index contributed by atoms with van der Waals surface area (Å²) < 4.78 is 65.9. The maximum absolute atomic E-state index is 13.6. The molecule has 0 aromatic heterocycles. The van der Waals surface area contributed by atoms with Gasteiger partial charge in [0.25, 0.3) is 0 Å². The normalized spacial score (nSPS) is 12.5. The first-order chi connectivity index (χ1) is 9.92. The molecular formula is C15H12F5N. The molecule has 112 valence electrons. The minimum atomic E-state index is -1.55. The van der Waals surface area contributed by atoms with Crippen molar-refractivity contribution in [2.24, 2.45) is 0 Å². The fraction of sp³-hybridized carbons (Fsp3) is 0.200. The van der Waals surface area contributed by atoms with E-state index in [1.165, 1.54) is 13.1 Å². The van der Waals surface area contributed by atoms with Gasteiger partial charge >= 0.3 is 0 Å². The Morgan fingerprint density at radius 1 is 0.905 bits per heavy atom. The summed E-state index contributed by atoms with van der Waals surface area (Å²) in [6.45, 7) is 0. The van der Waals surface area contributed by atoms with E-state index in [2.05, 4.69) is 5.32 Å². The highest BCUT2D eigenvalue weighted by molar-refractivity contribution is 5.27. The molecule has 2 rings (SSSR count). The van der Waals surface area contributed by atoms with E-state index in [1.54, 1.807) is 0 Å². The lowest BCUT2D eigenvalue weighted by Gasteiger charge is -2.17. The predicted octanol–water partition coefficient (Wildman–Crippen LogP) is 3.89. The standard InChI is InChI=1S/C15H12F5N/c1-21-14(6-8-2-3-10(16)7-11(8)17)9-4-12(18)15(20)13(19)5-9/h2-5,7,14,21H,6H2,1H3. The summed E-state index contributed by atoms with van der Waals surface area (Å²) in [6, 6.07) is 4.13. The van der Waals surface area contributed by atoms with Gasteiger partial charge in [-0.25, -0.2) is 22.0 Å². The second-order valence-corrected chi connectivity index (χ2v) is 4.58. The van der Waals surface area contributed by atoms with Crippen molar-refractivity contribution in [3.8, 4) is 0 Å². The van der Waals surface area contributed by atoms with Crippen LogP contribution in [0.3, 0.4) is 0 Å². The van der Waals surface area contributed by atoms with Gasteiger partial charge in [0, 0.05) is 12.1 Å². The van der Waals surface area contributed by atoms with Crippen molar-refractivity contribution in [2.75, 3.05) is 7.05 Å². The number of hydrogen-bond donors (Lipinski definition) is 1. The summed E-state index contributed by atoms with van der Waals surface area (Å²) in [5.41, 5.74) is 0.318. The molecule has 0 radical (unpaired) electrons. The maximum atomic E-state index is 13.6. The number of hydrogen-bond acceptors (Lipinski definition) is 1. The summed E-state index contributed by atoms with van der Waals surface area (Å²) >= 11 is 0. The van der Waals surface area contributed by atoms with Crippen LogP contribution in [0.5, 0.6) is 0 Å². The Morgan fingerprint density at radius 2 is 1.52 bits per heavy atom. The van der Waals surface area contributed by atoms with Gasteiger partial charge in [0.05, 0.1) is 0 Å². The molecule has 0 heterocycles. The molecule has 0 spiro atoms. The van der Waals surface area contributed by atoms with Crippen LogP contribution in [0.15, 0.2) is 30.3 Å². The molecule has 0 amide bonds. The zero-order valence-corrected chi connectivity index (χ0v) is 11.1. The Hall–Kier alpha value is -1.95. The highest BCUT2D eigenvalue weighted by Gasteiger charge is 2.18. The van der Waals surface area contributed by atoms with Gasteiger partial charge in [-0.1, -0.05) is 6.07 Å². The zero-order valence-electron chi connectivity index (χ0n) is 11.1. The summed E-state index contributed by atoms with van der Waals surface area (Å²) in [6.07, 6.45) is 0.0348. The van der Waals surface area contributed by atoms with E-state index in [4.69, 9.17) is 0 Å². The summed E-state index contributed by atoms with van der Waals surface area (Å²) in [7, 11) is 1.52. The molecule has 0 aliphatic carbocycles. The van der Waals surface area contributed by atoms with Crippen LogP contribution in [0.1, 0.15) is 17.2 Å². The lowest BCUT2D eigenvalue weighted by molar-refractivity contribution is 0.440. The maximum Gasteiger partial charge on any atom is 0.194 e. The van der Waals surface area contributed by atoms with Crippen molar-refractivity contribution in [2.45, 2.75) is 12.5 Å². The Bertz CT molecular complexity index is 634. The molecule has 6 heteroatoms. The average molecular weight is 301 g/mol. The Labute approximate surface area is 118 Å². The molecule has 0 bridgehead atoms. The van der Waals surface area contributed by atoms with Crippen molar-refractivity contribution in [1.29, 1.82) is 0 Å². The van der Waals surface area contributed by atoms with E-state index >= 15 is 0 Å². The first-order valence-electron chi connectivity index (χ1n) is 6.18. The molecule has 0 fully saturated rings. The van der Waals surface area contributed by atoms with Gasteiger partial charge in [-0.15, -0.1) is 0 Å². The van der Waals surface area contributed by atoms with Crippen LogP contribution in [-0.2, 0) is 6.42 Å². The fourth-order valence-corrected chi connectivity index (χ4v) is 2.07. The van der Waals surface area contributed by atoms with Gasteiger partial charge in [-0.05, 0) is 42.8 Å². The minimum Gasteiger partial charge on any atom is -0.313 e. The largest absolute Gasteiger partial charge is 0.313 e. The fourth-order valence-electron chi connectivity index (χ4n) is 2.07. The quantitative estimate of drug-likeness (QED) is 0.667. The van der Waals surface area contributed by atoms with Gasteiger partial charge in [-0.2, -0.15) is 0 Å². The van der Waals surface area contributed by atoms with Crippen LogP contribution in [-0.4, -0.2) is 7.05 Å². The second-order valence-electron chi connectivity index (χ2n) is 4.58. The van der Waals surface area contributed by atoms with Gasteiger partial charge in [0.15, 0.2) is 17.5 Å². The molecule has 1 atom stereocenters. The molecule has 0 saturated carbocycles. The molecule has 2 aromatic carbocycles. The molecule has 21 heavy (non-hydrogen) atoms. The second kappa shape index (κ2) is 6.22. The van der Waals surface area contributed by atoms with Gasteiger partial charge in [-0.3, -0.25) is 0 Å². The smallest absolute Gasteiger partial charge is 0.194 e. The van der Waals surface area contributed by atoms with E-state index in [1.807, 2.05) is 0 Å². The zero-order chi connectivity index (χ0) is 15.6. The molecule has 1 nitrogen and oxygen atoms in total. The summed E-state index contributed by atoms with van der Waals surface area (Å²) in [5.74, 6) is -5.65. The molecule has 2 aromatic rings. The van der Waals surface area contributed by atoms with E-state index in [0.717, 1.165) is 24.3 Å². The number of halogens is 5. The van der Waals surface area contributed by atoms with Gasteiger partial charge in [0.2, 0.25) is 0 Å². The third kappa shape index (κ3) is 3.39. The van der Waals surface area contributed by atoms with Crippen LogP contribution in [0.2, 0.25) is 0 Å². The topological polar surface area (TPSA) is 12.0 Å². The van der Waals surface area contributed by atoms with Crippen LogP contribution >= 0.6 is 0 Å². The predicted molar refractivity (Wildman–Crippen MR) is 68.2 cm³/mol. The highest BCUT2D eigenvalue weighted by atomic mass is 19.2. The van der Waals surface area contributed by atoms with Crippen LogP contribution in [0, 0.1) is 29.1 Å². The molecule has 0 aliphatic heterocycles. The average Bonchev–Trinajstić information content (AvgIpc) is 2.43. The van der Waals surface area contributed by atoms with E-state index in [9.17, 15) is 22.0 Å². The molecule has 1 unspecified atom stereocenters. The summed E-state index contributed by atoms with van der Waals surface area (Å²) in [5, 5.41) is 2.77. The number of nitrogens with one attached hydrogen (secondary N) is 1. The highest BCUT2D eigenvalue weighted by Crippen LogP contribution is 2.23. The number of likely N-dealkylation sites (N-methyl/N-ethyl adjacent to an activating group) is 1. The Morgan fingerprint density at radius 3 is 2.05 bits per heavy atom. The van der Waals surface area contributed by atoms with Crippen molar-refractivity contribution >= 4 is 0 Å². The lowest BCUT2D eigenvalue weighted by Crippen LogP contribution is -2.20. The van der Waals surface area contributed by atoms with E-state index in [0.29, 0.717) is 0 Å². The Balaban J connectivity index is 2.32. The van der Waals surface area contributed by atoms with Crippen molar-refractivity contribution < 1.29 is 22.0 Å². The number of rotatable bonds is 4. The number of benzene rings is 2. The monoisotopic (exact) mass is 301 g/mol. The van der Waals surface area contributed by atoms with Crippen molar-refractivity contribution in [1.82, 2.24) is 5.32 Å². The minimum absolute atomic E-state index is 0.0348. The molecule has 0 aliphatic rings. The summed E-state index contributed by atoms with van der Waals surface area (Å²) in [4.78, 5) is 0. The molecule has 1 N–H and O–H groups in total.